The van der Waals surface area contributed by atoms with Gasteiger partial charge in [0.2, 0.25) is 0 Å². The summed E-state index contributed by atoms with van der Waals surface area (Å²) in [5.41, 5.74) is 0.684. The van der Waals surface area contributed by atoms with Crippen LogP contribution in [0.4, 0.5) is 0 Å². The van der Waals surface area contributed by atoms with Crippen molar-refractivity contribution in [2.45, 2.75) is 38.2 Å². The van der Waals surface area contributed by atoms with E-state index in [1.54, 1.807) is 0 Å². The van der Waals surface area contributed by atoms with Crippen LogP contribution in [-0.4, -0.2) is 12.1 Å². The minimum atomic E-state index is -0.177. The van der Waals surface area contributed by atoms with Crippen LogP contribution in [0.15, 0.2) is 42.5 Å². The standard InChI is InChI=1S/C17H18O2.Nd/c18-17(19-14-9-2-1-3-10-14)16-12-6-8-13-7-4-5-11-15(13)16;/h4-8,11-12,14H,1-3,9-10H2;. The number of hydrogen-bond acceptors (Lipinski definition) is 2. The molecule has 3 rings (SSSR count). The first-order chi connectivity index (χ1) is 9.34. The first-order valence-electron chi connectivity index (χ1n) is 7.03. The van der Waals surface area contributed by atoms with Gasteiger partial charge >= 0.3 is 5.97 Å². The molecule has 20 heavy (non-hydrogen) atoms. The fourth-order valence-electron chi connectivity index (χ4n) is 2.80. The van der Waals surface area contributed by atoms with Crippen LogP contribution in [0, 0.1) is 40.8 Å². The molecule has 2 aromatic carbocycles. The molecule has 0 amide bonds. The molecular formula is C17H18NdO2. The van der Waals surface area contributed by atoms with Crippen molar-refractivity contribution in [2.75, 3.05) is 0 Å². The number of esters is 1. The van der Waals surface area contributed by atoms with E-state index in [-0.39, 0.29) is 52.9 Å². The van der Waals surface area contributed by atoms with E-state index in [0.717, 1.165) is 23.6 Å². The molecule has 0 spiro atoms. The number of hydrogen-bond donors (Lipinski definition) is 0. The number of benzene rings is 2. The number of rotatable bonds is 2. The van der Waals surface area contributed by atoms with Gasteiger partial charge < -0.3 is 4.74 Å². The quantitative estimate of drug-likeness (QED) is 0.704. The Morgan fingerprint density at radius 3 is 2.45 bits per heavy atom. The molecule has 1 aliphatic carbocycles. The molecule has 1 aliphatic rings. The van der Waals surface area contributed by atoms with Crippen molar-refractivity contribution < 1.29 is 50.4 Å². The van der Waals surface area contributed by atoms with Crippen LogP contribution in [0.2, 0.25) is 0 Å². The van der Waals surface area contributed by atoms with E-state index < -0.39 is 0 Å². The van der Waals surface area contributed by atoms with Gasteiger partial charge in [0.05, 0.1) is 5.56 Å². The molecule has 1 fully saturated rings. The third-order valence-electron chi connectivity index (χ3n) is 3.84. The van der Waals surface area contributed by atoms with E-state index in [4.69, 9.17) is 4.74 Å². The number of carbonyl (C=O) groups excluding carboxylic acids is 1. The Morgan fingerprint density at radius 1 is 0.950 bits per heavy atom. The topological polar surface area (TPSA) is 26.3 Å². The number of ether oxygens (including phenoxy) is 1. The van der Waals surface area contributed by atoms with Crippen LogP contribution in [0.5, 0.6) is 0 Å². The molecule has 0 bridgehead atoms. The van der Waals surface area contributed by atoms with Crippen molar-refractivity contribution in [1.82, 2.24) is 0 Å². The Morgan fingerprint density at radius 2 is 1.65 bits per heavy atom. The van der Waals surface area contributed by atoms with Gasteiger partial charge in [0.25, 0.3) is 0 Å². The van der Waals surface area contributed by atoms with Crippen molar-refractivity contribution >= 4 is 16.7 Å². The van der Waals surface area contributed by atoms with Crippen molar-refractivity contribution in [1.29, 1.82) is 0 Å². The second-order valence-corrected chi connectivity index (χ2v) is 5.19. The zero-order chi connectivity index (χ0) is 13.1. The van der Waals surface area contributed by atoms with Gasteiger partial charge in [-0.15, -0.1) is 0 Å². The van der Waals surface area contributed by atoms with E-state index in [2.05, 4.69) is 0 Å². The Balaban J connectivity index is 0.00000147. The predicted molar refractivity (Wildman–Crippen MR) is 76.2 cm³/mol. The van der Waals surface area contributed by atoms with E-state index >= 15 is 0 Å². The SMILES string of the molecule is O=C(OC1CCCCC1)c1cccc2ccccc12.[Nd]. The van der Waals surface area contributed by atoms with Gasteiger partial charge in [0.15, 0.2) is 0 Å². The zero-order valence-electron chi connectivity index (χ0n) is 11.5. The third-order valence-corrected chi connectivity index (χ3v) is 3.84. The Kier molecular flexibility index (Phi) is 5.97. The fraction of sp³-hybridized carbons (Fsp3) is 0.353. The summed E-state index contributed by atoms with van der Waals surface area (Å²) in [6, 6.07) is 13.7. The van der Waals surface area contributed by atoms with E-state index in [1.807, 2.05) is 42.5 Å². The van der Waals surface area contributed by atoms with Gasteiger partial charge in [-0.05, 0) is 42.5 Å². The molecule has 102 valence electrons. The van der Waals surface area contributed by atoms with Crippen molar-refractivity contribution in [2.24, 2.45) is 0 Å². The summed E-state index contributed by atoms with van der Waals surface area (Å²) in [6.45, 7) is 0. The third kappa shape index (κ3) is 3.59. The molecule has 0 heterocycles. The van der Waals surface area contributed by atoms with Crippen LogP contribution in [-0.2, 0) is 4.74 Å². The summed E-state index contributed by atoms with van der Waals surface area (Å²) in [4.78, 5) is 12.3. The molecule has 2 nitrogen and oxygen atoms in total. The summed E-state index contributed by atoms with van der Waals surface area (Å²) in [5.74, 6) is -0.177. The molecule has 1 saturated carbocycles. The van der Waals surface area contributed by atoms with Gasteiger partial charge in [-0.1, -0.05) is 42.8 Å². The molecule has 3 heteroatoms. The zero-order valence-corrected chi connectivity index (χ0v) is 14.7. The van der Waals surface area contributed by atoms with Gasteiger partial charge in [-0.25, -0.2) is 4.79 Å². The number of fused-ring (bicyclic) bond motifs is 1. The van der Waals surface area contributed by atoms with Crippen LogP contribution >= 0.6 is 0 Å². The van der Waals surface area contributed by atoms with E-state index in [0.29, 0.717) is 5.56 Å². The molecule has 0 atom stereocenters. The fourth-order valence-corrected chi connectivity index (χ4v) is 2.80. The molecule has 0 aliphatic heterocycles. The summed E-state index contributed by atoms with van der Waals surface area (Å²) < 4.78 is 5.65. The summed E-state index contributed by atoms with van der Waals surface area (Å²) in [5, 5.41) is 2.06. The largest absolute Gasteiger partial charge is 0.459 e. The van der Waals surface area contributed by atoms with Crippen LogP contribution in [0.3, 0.4) is 0 Å². The van der Waals surface area contributed by atoms with Gasteiger partial charge in [-0.3, -0.25) is 0 Å². The average molecular weight is 399 g/mol. The number of carbonyl (C=O) groups is 1. The van der Waals surface area contributed by atoms with Crippen LogP contribution < -0.4 is 0 Å². The molecule has 2 aromatic rings. The minimum absolute atomic E-state index is 0. The Bertz CT molecular complexity index is 583. The minimum Gasteiger partial charge on any atom is -0.459 e. The molecule has 0 aromatic heterocycles. The predicted octanol–water partition coefficient (Wildman–Crippen LogP) is 4.33. The average Bonchev–Trinajstić information content (AvgIpc) is 2.47. The van der Waals surface area contributed by atoms with Crippen LogP contribution in [0.25, 0.3) is 10.8 Å². The van der Waals surface area contributed by atoms with Crippen LogP contribution in [0.1, 0.15) is 42.5 Å². The van der Waals surface area contributed by atoms with E-state index in [1.165, 1.54) is 19.3 Å². The Labute approximate surface area is 152 Å². The van der Waals surface area contributed by atoms with E-state index in [9.17, 15) is 4.79 Å². The monoisotopic (exact) mass is 396 g/mol. The maximum Gasteiger partial charge on any atom is 0.339 e. The second-order valence-electron chi connectivity index (χ2n) is 5.19. The molecular weight excluding hydrogens is 380 g/mol. The molecule has 0 saturated heterocycles. The van der Waals surface area contributed by atoms with Crippen molar-refractivity contribution in [3.63, 3.8) is 0 Å². The summed E-state index contributed by atoms with van der Waals surface area (Å²) >= 11 is 0. The maximum atomic E-state index is 12.3. The first-order valence-corrected chi connectivity index (χ1v) is 7.03. The summed E-state index contributed by atoms with van der Waals surface area (Å²) in [6.07, 6.45) is 5.75. The van der Waals surface area contributed by atoms with Gasteiger partial charge in [0, 0.05) is 40.8 Å². The smallest absolute Gasteiger partial charge is 0.339 e. The summed E-state index contributed by atoms with van der Waals surface area (Å²) in [7, 11) is 0. The first kappa shape index (κ1) is 15.9. The maximum absolute atomic E-state index is 12.3. The Hall–Kier alpha value is -0.479. The van der Waals surface area contributed by atoms with Crippen molar-refractivity contribution in [3.05, 3.63) is 48.0 Å². The molecule has 0 radical (unpaired) electrons. The normalized spacial score (nSPS) is 15.6. The second kappa shape index (κ2) is 7.51. The van der Waals surface area contributed by atoms with Gasteiger partial charge in [-0.2, -0.15) is 0 Å². The molecule has 0 N–H and O–H groups in total. The molecule has 0 unspecified atom stereocenters. The van der Waals surface area contributed by atoms with Gasteiger partial charge in [0.1, 0.15) is 6.10 Å². The van der Waals surface area contributed by atoms with Crippen molar-refractivity contribution in [3.8, 4) is 0 Å².